The molecule has 7 nitrogen and oxygen atoms in total. The zero-order valence-corrected chi connectivity index (χ0v) is 17.4. The van der Waals surface area contributed by atoms with E-state index in [-0.39, 0.29) is 6.03 Å². The Morgan fingerprint density at radius 1 is 1.06 bits per heavy atom. The number of hydrogen-bond acceptors (Lipinski definition) is 4. The number of aromatic nitrogens is 2. The summed E-state index contributed by atoms with van der Waals surface area (Å²) in [7, 11) is 1.35. The van der Waals surface area contributed by atoms with Gasteiger partial charge in [-0.15, -0.1) is 0 Å². The predicted molar refractivity (Wildman–Crippen MR) is 117 cm³/mol. The van der Waals surface area contributed by atoms with E-state index in [2.05, 4.69) is 26.7 Å². The Labute approximate surface area is 180 Å². The Bertz CT molecular complexity index is 1200. The summed E-state index contributed by atoms with van der Waals surface area (Å²) >= 11 is 0. The molecule has 0 saturated carbocycles. The molecule has 1 aliphatic rings. The summed E-state index contributed by atoms with van der Waals surface area (Å²) in [6.45, 7) is 3.80. The molecule has 0 atom stereocenters. The van der Waals surface area contributed by atoms with E-state index in [4.69, 9.17) is 4.74 Å². The molecular weight excluding hydrogens is 392 g/mol. The van der Waals surface area contributed by atoms with Crippen LogP contribution < -0.4 is 5.32 Å². The fraction of sp³-hybridized carbons (Fsp3) is 0.208. The maximum Gasteiger partial charge on any atom is 0.337 e. The number of amides is 2. The second-order valence-electron chi connectivity index (χ2n) is 7.25. The molecule has 0 bridgehead atoms. The molecule has 0 aliphatic carbocycles. The molecule has 0 saturated heterocycles. The summed E-state index contributed by atoms with van der Waals surface area (Å²) in [5, 5.41) is 2.94. The minimum absolute atomic E-state index is 0.164. The molecule has 2 amide bonds. The quantitative estimate of drug-likeness (QED) is 0.515. The molecule has 3 aromatic rings. The molecule has 156 valence electrons. The van der Waals surface area contributed by atoms with Gasteiger partial charge in [0, 0.05) is 36.1 Å². The lowest BCUT2D eigenvalue weighted by molar-refractivity contribution is 0.0600. The van der Waals surface area contributed by atoms with Crippen molar-refractivity contribution < 1.29 is 14.3 Å². The van der Waals surface area contributed by atoms with Crippen LogP contribution in [0.1, 0.15) is 33.0 Å². The number of carbonyl (C=O) groups excluding carboxylic acids is 2. The van der Waals surface area contributed by atoms with Gasteiger partial charge >= 0.3 is 12.0 Å². The minimum Gasteiger partial charge on any atom is -0.465 e. The van der Waals surface area contributed by atoms with Crippen LogP contribution in [0.4, 0.5) is 10.5 Å². The van der Waals surface area contributed by atoms with E-state index in [1.807, 2.05) is 43.5 Å². The smallest absolute Gasteiger partial charge is 0.337 e. The number of benzene rings is 2. The molecule has 1 aromatic heterocycles. The first kappa shape index (κ1) is 20.2. The SMILES string of the molecule is COC(=O)c1cccc(C#Cc2cccc(NC(=O)N3CCn4cc(C)nc4C3)c2)c1. The molecular formula is C24H22N4O3. The van der Waals surface area contributed by atoms with Gasteiger partial charge in [-0.2, -0.15) is 0 Å². The van der Waals surface area contributed by atoms with Gasteiger partial charge in [-0.3, -0.25) is 0 Å². The zero-order valence-electron chi connectivity index (χ0n) is 17.4. The summed E-state index contributed by atoms with van der Waals surface area (Å²) in [6.07, 6.45) is 2.01. The van der Waals surface area contributed by atoms with Crippen molar-refractivity contribution in [3.63, 3.8) is 0 Å². The molecule has 2 heterocycles. The number of nitrogens with zero attached hydrogens (tertiary/aromatic N) is 3. The van der Waals surface area contributed by atoms with Gasteiger partial charge in [-0.1, -0.05) is 24.0 Å². The first-order valence-corrected chi connectivity index (χ1v) is 9.91. The highest BCUT2D eigenvalue weighted by molar-refractivity contribution is 5.90. The number of rotatable bonds is 2. The maximum atomic E-state index is 12.7. The number of ether oxygens (including phenoxy) is 1. The monoisotopic (exact) mass is 414 g/mol. The van der Waals surface area contributed by atoms with Crippen molar-refractivity contribution in [2.24, 2.45) is 0 Å². The van der Waals surface area contributed by atoms with Crippen molar-refractivity contribution in [1.29, 1.82) is 0 Å². The Hall–Kier alpha value is -4.05. The summed E-state index contributed by atoms with van der Waals surface area (Å²) in [6, 6.07) is 14.2. The van der Waals surface area contributed by atoms with E-state index in [1.54, 1.807) is 23.1 Å². The number of nitrogens with one attached hydrogen (secondary N) is 1. The van der Waals surface area contributed by atoms with Gasteiger partial charge in [-0.05, 0) is 43.3 Å². The lowest BCUT2D eigenvalue weighted by atomic mass is 10.1. The molecule has 1 aliphatic heterocycles. The van der Waals surface area contributed by atoms with Gasteiger partial charge in [0.05, 0.1) is 24.9 Å². The van der Waals surface area contributed by atoms with Crippen molar-refractivity contribution in [2.75, 3.05) is 19.0 Å². The number of anilines is 1. The summed E-state index contributed by atoms with van der Waals surface area (Å²) in [5.41, 5.74) is 3.54. The molecule has 0 unspecified atom stereocenters. The second-order valence-corrected chi connectivity index (χ2v) is 7.25. The van der Waals surface area contributed by atoms with Crippen LogP contribution in [0.15, 0.2) is 54.7 Å². The first-order valence-electron chi connectivity index (χ1n) is 9.91. The average Bonchev–Trinajstić information content (AvgIpc) is 3.16. The number of methoxy groups -OCH3 is 1. The molecule has 4 rings (SSSR count). The third-order valence-electron chi connectivity index (χ3n) is 4.96. The van der Waals surface area contributed by atoms with Gasteiger partial charge in [0.15, 0.2) is 0 Å². The van der Waals surface area contributed by atoms with Crippen molar-refractivity contribution in [2.45, 2.75) is 20.0 Å². The lowest BCUT2D eigenvalue weighted by Gasteiger charge is -2.27. The number of aryl methyl sites for hydroxylation is 1. The topological polar surface area (TPSA) is 76.5 Å². The van der Waals surface area contributed by atoms with Crippen LogP contribution in [-0.4, -0.2) is 40.1 Å². The highest BCUT2D eigenvalue weighted by atomic mass is 16.5. The van der Waals surface area contributed by atoms with E-state index in [0.29, 0.717) is 29.9 Å². The predicted octanol–water partition coefficient (Wildman–Crippen LogP) is 3.43. The van der Waals surface area contributed by atoms with Gasteiger partial charge in [0.1, 0.15) is 5.82 Å². The van der Waals surface area contributed by atoms with Gasteiger partial charge in [0.25, 0.3) is 0 Å². The molecule has 0 radical (unpaired) electrons. The Morgan fingerprint density at radius 2 is 1.81 bits per heavy atom. The number of esters is 1. The second kappa shape index (κ2) is 8.76. The average molecular weight is 414 g/mol. The largest absolute Gasteiger partial charge is 0.465 e. The highest BCUT2D eigenvalue weighted by Gasteiger charge is 2.22. The number of fused-ring (bicyclic) bond motifs is 1. The fourth-order valence-electron chi connectivity index (χ4n) is 3.43. The maximum absolute atomic E-state index is 12.7. The van der Waals surface area contributed by atoms with Crippen LogP contribution in [0.25, 0.3) is 0 Å². The van der Waals surface area contributed by atoms with Gasteiger partial charge < -0.3 is 19.5 Å². The van der Waals surface area contributed by atoms with Crippen molar-refractivity contribution in [3.05, 3.63) is 82.9 Å². The molecule has 0 spiro atoms. The minimum atomic E-state index is -0.399. The lowest BCUT2D eigenvalue weighted by Crippen LogP contribution is -2.40. The van der Waals surface area contributed by atoms with Crippen LogP contribution >= 0.6 is 0 Å². The molecule has 0 fully saturated rings. The van der Waals surface area contributed by atoms with Gasteiger partial charge in [0.2, 0.25) is 0 Å². The third-order valence-corrected chi connectivity index (χ3v) is 4.96. The molecule has 2 aromatic carbocycles. The van der Waals surface area contributed by atoms with E-state index >= 15 is 0 Å². The van der Waals surface area contributed by atoms with Crippen LogP contribution in [-0.2, 0) is 17.8 Å². The number of imidazole rings is 1. The zero-order chi connectivity index (χ0) is 21.8. The van der Waals surface area contributed by atoms with Crippen LogP contribution in [0.2, 0.25) is 0 Å². The number of hydrogen-bond donors (Lipinski definition) is 1. The van der Waals surface area contributed by atoms with E-state index in [1.165, 1.54) is 7.11 Å². The summed E-state index contributed by atoms with van der Waals surface area (Å²) in [5.74, 6) is 6.62. The summed E-state index contributed by atoms with van der Waals surface area (Å²) in [4.78, 5) is 30.6. The molecule has 31 heavy (non-hydrogen) atoms. The molecule has 1 N–H and O–H groups in total. The van der Waals surface area contributed by atoms with Gasteiger partial charge in [-0.25, -0.2) is 14.6 Å². The van der Waals surface area contributed by atoms with E-state index in [0.717, 1.165) is 23.6 Å². The van der Waals surface area contributed by atoms with E-state index < -0.39 is 5.97 Å². The van der Waals surface area contributed by atoms with Crippen LogP contribution in [0.5, 0.6) is 0 Å². The normalized spacial score (nSPS) is 12.4. The highest BCUT2D eigenvalue weighted by Crippen LogP contribution is 2.16. The third kappa shape index (κ3) is 4.75. The Morgan fingerprint density at radius 3 is 2.58 bits per heavy atom. The van der Waals surface area contributed by atoms with Crippen molar-refractivity contribution in [1.82, 2.24) is 14.5 Å². The molecule has 7 heteroatoms. The van der Waals surface area contributed by atoms with Crippen LogP contribution in [0, 0.1) is 18.8 Å². The number of carbonyl (C=O) groups is 2. The fourth-order valence-corrected chi connectivity index (χ4v) is 3.43. The Kier molecular flexibility index (Phi) is 5.72. The standard InChI is InChI=1S/C24H22N4O3/c1-17-15-27-11-12-28(16-22(27)25-17)24(30)26-21-8-4-6-19(14-21)10-9-18-5-3-7-20(13-18)23(29)31-2/h3-8,13-15H,11-12,16H2,1-2H3,(H,26,30). The van der Waals surface area contributed by atoms with Crippen molar-refractivity contribution >= 4 is 17.7 Å². The number of urea groups is 1. The van der Waals surface area contributed by atoms with Crippen molar-refractivity contribution in [3.8, 4) is 11.8 Å². The van der Waals surface area contributed by atoms with E-state index in [9.17, 15) is 9.59 Å². The summed E-state index contributed by atoms with van der Waals surface area (Å²) < 4.78 is 6.83. The van der Waals surface area contributed by atoms with Crippen LogP contribution in [0.3, 0.4) is 0 Å². The first-order chi connectivity index (χ1) is 15.0. The Balaban J connectivity index is 1.44.